The average Bonchev–Trinajstić information content (AvgIpc) is 3.47. The van der Waals surface area contributed by atoms with Crippen LogP contribution in [-0.2, 0) is 13.6 Å². The van der Waals surface area contributed by atoms with Gasteiger partial charge in [0, 0.05) is 48.7 Å². The highest BCUT2D eigenvalue weighted by molar-refractivity contribution is 6.01. The normalized spacial score (nSPS) is 20.7. The summed E-state index contributed by atoms with van der Waals surface area (Å²) < 4.78 is 10.3. The number of carbonyl (C=O) groups excluding carboxylic acids is 1. The van der Waals surface area contributed by atoms with E-state index < -0.39 is 11.2 Å². The molecule has 238 valence electrons. The Balaban J connectivity index is 1.16. The summed E-state index contributed by atoms with van der Waals surface area (Å²) in [5, 5.41) is 1.53. The highest BCUT2D eigenvalue weighted by Crippen LogP contribution is 2.41. The Bertz CT molecular complexity index is 2390. The second kappa shape index (κ2) is 10.2. The van der Waals surface area contributed by atoms with Gasteiger partial charge in [-0.3, -0.25) is 14.6 Å². The third kappa shape index (κ3) is 4.36. The summed E-state index contributed by atoms with van der Waals surface area (Å²) in [6, 6.07) is 17.9. The number of nitrogens with one attached hydrogen (secondary N) is 2. The van der Waals surface area contributed by atoms with Crippen molar-refractivity contribution in [2.24, 2.45) is 24.6 Å². The Morgan fingerprint density at radius 3 is 2.55 bits per heavy atom. The zero-order chi connectivity index (χ0) is 32.1. The number of ether oxygens (including phenoxy) is 1. The van der Waals surface area contributed by atoms with E-state index in [9.17, 15) is 14.4 Å². The summed E-state index contributed by atoms with van der Waals surface area (Å²) in [7, 11) is 3.63. The Kier molecular flexibility index (Phi) is 6.08. The second-order valence-corrected chi connectivity index (χ2v) is 13.5. The van der Waals surface area contributed by atoms with Crippen LogP contribution in [0.4, 0.5) is 0 Å². The van der Waals surface area contributed by atoms with Crippen LogP contribution in [0, 0.1) is 11.8 Å². The van der Waals surface area contributed by atoms with Crippen molar-refractivity contribution in [3.05, 3.63) is 81.0 Å². The fraction of sp³-hybridized carbons (Fsp3) is 0.333. The maximum absolute atomic E-state index is 13.8. The number of rotatable bonds is 6. The number of hydrogen-bond acceptors (Lipinski definition) is 6. The summed E-state index contributed by atoms with van der Waals surface area (Å²) in [6.07, 6.45) is 4.42. The van der Waals surface area contributed by atoms with Crippen LogP contribution in [-0.4, -0.2) is 60.6 Å². The number of benzene rings is 3. The molecule has 9 rings (SSSR count). The average molecular weight is 630 g/mol. The number of aromatic nitrogens is 5. The fourth-order valence-electron chi connectivity index (χ4n) is 7.99. The second-order valence-electron chi connectivity index (χ2n) is 13.5. The maximum atomic E-state index is 13.8. The van der Waals surface area contributed by atoms with Crippen LogP contribution >= 0.6 is 0 Å². The highest BCUT2D eigenvalue weighted by atomic mass is 16.5. The van der Waals surface area contributed by atoms with Crippen molar-refractivity contribution in [3.63, 3.8) is 0 Å². The lowest BCUT2D eigenvalue weighted by atomic mass is 10.0. The number of aryl methyl sites for hydroxylation is 1. The summed E-state index contributed by atoms with van der Waals surface area (Å²) in [4.78, 5) is 50.1. The molecule has 0 spiro atoms. The zero-order valence-electron chi connectivity index (χ0n) is 26.2. The van der Waals surface area contributed by atoms with Crippen molar-refractivity contribution in [1.82, 2.24) is 29.0 Å². The summed E-state index contributed by atoms with van der Waals surface area (Å²) >= 11 is 0. The summed E-state index contributed by atoms with van der Waals surface area (Å²) in [5.74, 6) is 2.37. The van der Waals surface area contributed by atoms with E-state index in [1.54, 1.807) is 13.2 Å². The van der Waals surface area contributed by atoms with E-state index in [0.29, 0.717) is 46.1 Å². The number of imidazole rings is 1. The Labute approximate surface area is 269 Å². The summed E-state index contributed by atoms with van der Waals surface area (Å²) in [5.41, 5.74) is 12.1. The zero-order valence-corrected chi connectivity index (χ0v) is 26.2. The molecule has 3 atom stereocenters. The van der Waals surface area contributed by atoms with E-state index in [4.69, 9.17) is 15.5 Å². The smallest absolute Gasteiger partial charge is 0.326 e. The molecule has 3 fully saturated rings. The number of amides is 1. The minimum Gasteiger partial charge on any atom is -0.494 e. The highest BCUT2D eigenvalue weighted by Gasteiger charge is 2.47. The number of hydrogen-bond donors (Lipinski definition) is 3. The van der Waals surface area contributed by atoms with E-state index in [1.165, 1.54) is 12.8 Å². The van der Waals surface area contributed by atoms with Gasteiger partial charge in [0.15, 0.2) is 5.82 Å². The first kappa shape index (κ1) is 28.1. The van der Waals surface area contributed by atoms with E-state index in [-0.39, 0.29) is 18.0 Å². The van der Waals surface area contributed by atoms with Crippen LogP contribution in [0.5, 0.6) is 5.75 Å². The minimum atomic E-state index is -0.527. The van der Waals surface area contributed by atoms with E-state index in [1.807, 2.05) is 36.2 Å². The van der Waals surface area contributed by atoms with Gasteiger partial charge in [-0.05, 0) is 85.0 Å². The lowest BCUT2D eigenvalue weighted by Crippen LogP contribution is -2.41. The quantitative estimate of drug-likeness (QED) is 0.250. The van der Waals surface area contributed by atoms with Crippen LogP contribution in [0.15, 0.2) is 64.2 Å². The first-order chi connectivity index (χ1) is 22.8. The van der Waals surface area contributed by atoms with Gasteiger partial charge in [-0.1, -0.05) is 18.2 Å². The molecule has 3 aromatic heterocycles. The molecule has 2 unspecified atom stereocenters. The van der Waals surface area contributed by atoms with E-state index in [0.717, 1.165) is 58.5 Å². The summed E-state index contributed by atoms with van der Waals surface area (Å²) in [6.45, 7) is 1.57. The number of aromatic amines is 2. The third-order valence-corrected chi connectivity index (χ3v) is 10.7. The molecule has 2 aliphatic carbocycles. The predicted molar refractivity (Wildman–Crippen MR) is 181 cm³/mol. The van der Waals surface area contributed by atoms with Gasteiger partial charge in [0.25, 0.3) is 11.5 Å². The van der Waals surface area contributed by atoms with Gasteiger partial charge in [0.05, 0.1) is 29.2 Å². The van der Waals surface area contributed by atoms with Crippen LogP contribution in [0.2, 0.25) is 0 Å². The lowest BCUT2D eigenvalue weighted by Gasteiger charge is -2.27. The van der Waals surface area contributed by atoms with Crippen molar-refractivity contribution < 1.29 is 9.53 Å². The number of nitrogens with two attached hydrogens (primary N) is 1. The van der Waals surface area contributed by atoms with E-state index in [2.05, 4.69) is 43.4 Å². The molecule has 6 aromatic rings. The van der Waals surface area contributed by atoms with Crippen LogP contribution in [0.1, 0.15) is 36.0 Å². The first-order valence-corrected chi connectivity index (χ1v) is 16.3. The van der Waals surface area contributed by atoms with Crippen molar-refractivity contribution in [2.45, 2.75) is 44.3 Å². The fourth-order valence-corrected chi connectivity index (χ4v) is 7.99. The molecular formula is C36H35N7O4. The molecule has 1 aliphatic heterocycles. The SMILES string of the molecule is COc1cc(C(=O)N2CC3CCC2[C@@H]3N)cc2nc(-c3cc4ccc(-c5ccc6c(=O)[nH]c(=O)[nH]c6c5)cc4n3CC3CC3)n(C)c12. The van der Waals surface area contributed by atoms with Gasteiger partial charge in [-0.15, -0.1) is 0 Å². The van der Waals surface area contributed by atoms with Gasteiger partial charge in [0.2, 0.25) is 0 Å². The van der Waals surface area contributed by atoms with Crippen molar-refractivity contribution in [1.29, 1.82) is 0 Å². The van der Waals surface area contributed by atoms with Crippen molar-refractivity contribution in [3.8, 4) is 28.4 Å². The monoisotopic (exact) mass is 629 g/mol. The van der Waals surface area contributed by atoms with Crippen molar-refractivity contribution in [2.75, 3.05) is 13.7 Å². The van der Waals surface area contributed by atoms with E-state index >= 15 is 0 Å². The molecule has 3 aromatic carbocycles. The first-order valence-electron chi connectivity index (χ1n) is 16.3. The molecule has 1 amide bonds. The van der Waals surface area contributed by atoms with Crippen LogP contribution < -0.4 is 21.7 Å². The molecular weight excluding hydrogens is 594 g/mol. The topological polar surface area (TPSA) is 144 Å². The molecule has 4 N–H and O–H groups in total. The minimum absolute atomic E-state index is 0.0159. The largest absolute Gasteiger partial charge is 0.494 e. The molecule has 4 heterocycles. The van der Waals surface area contributed by atoms with Gasteiger partial charge in [-0.2, -0.15) is 0 Å². The lowest BCUT2D eigenvalue weighted by molar-refractivity contribution is 0.0700. The van der Waals surface area contributed by atoms with Gasteiger partial charge in [0.1, 0.15) is 11.3 Å². The van der Waals surface area contributed by atoms with Crippen molar-refractivity contribution >= 4 is 38.7 Å². The number of H-pyrrole nitrogens is 2. The number of fused-ring (bicyclic) bond motifs is 5. The molecule has 3 aliphatic rings. The predicted octanol–water partition coefficient (Wildman–Crippen LogP) is 4.37. The molecule has 11 nitrogen and oxygen atoms in total. The Hall–Kier alpha value is -5.16. The third-order valence-electron chi connectivity index (χ3n) is 10.7. The maximum Gasteiger partial charge on any atom is 0.326 e. The Morgan fingerprint density at radius 1 is 1.00 bits per heavy atom. The number of methoxy groups -OCH3 is 1. The van der Waals surface area contributed by atoms with Gasteiger partial charge in [-0.25, -0.2) is 9.78 Å². The molecule has 47 heavy (non-hydrogen) atoms. The Morgan fingerprint density at radius 2 is 1.81 bits per heavy atom. The van der Waals surface area contributed by atoms with Crippen LogP contribution in [0.25, 0.3) is 55.5 Å². The standard InChI is InChI=1S/C36H35N7O4/c1-41-32-26(12-23(15-30(32)47-2)35(45)43-17-22-8-10-27(43)31(22)37)38-33(41)29-14-21-6-5-20(13-28(21)42(29)16-18-3-4-18)19-7-9-24-25(11-19)39-36(46)40-34(24)44/h5-7,9,11-15,18,22,27,31H,3-4,8,10,16-17,37H2,1-2H3,(H2,39,40,44,46)/t22?,27?,31-/m1/s1. The van der Waals surface area contributed by atoms with Gasteiger partial charge >= 0.3 is 5.69 Å². The van der Waals surface area contributed by atoms with Gasteiger partial charge < -0.3 is 29.5 Å². The number of carbonyl (C=O) groups is 1. The molecule has 2 saturated carbocycles. The number of piperidine rings is 1. The molecule has 0 radical (unpaired) electrons. The number of likely N-dealkylation sites (tertiary alicyclic amines) is 1. The molecule has 11 heteroatoms. The molecule has 1 saturated heterocycles. The number of nitrogens with zero attached hydrogens (tertiary/aromatic N) is 4. The molecule has 2 bridgehead atoms. The van der Waals surface area contributed by atoms with Crippen LogP contribution in [0.3, 0.4) is 0 Å².